The maximum Gasteiger partial charge on any atom is 0.0679 e. The van der Waals surface area contributed by atoms with Crippen molar-refractivity contribution in [2.75, 3.05) is 13.2 Å². The minimum absolute atomic E-state index is 0.636. The van der Waals surface area contributed by atoms with E-state index in [1.807, 2.05) is 12.1 Å². The lowest BCUT2D eigenvalue weighted by Crippen LogP contribution is -2.15. The molecule has 0 bridgehead atoms. The van der Waals surface area contributed by atoms with E-state index in [0.717, 1.165) is 25.9 Å². The van der Waals surface area contributed by atoms with Crippen molar-refractivity contribution in [2.24, 2.45) is 5.90 Å². The molecular weight excluding hydrogens is 178 g/mol. The van der Waals surface area contributed by atoms with Crippen LogP contribution in [0, 0.1) is 0 Å². The Balaban J connectivity index is 1.99. The first-order valence-electron chi connectivity index (χ1n) is 4.85. The first kappa shape index (κ1) is 11.1. The van der Waals surface area contributed by atoms with Gasteiger partial charge in [0.2, 0.25) is 0 Å². The van der Waals surface area contributed by atoms with Crippen LogP contribution in [0.2, 0.25) is 0 Å². The summed E-state index contributed by atoms with van der Waals surface area (Å²) < 4.78 is 0. The Labute approximate surface area is 84.4 Å². The van der Waals surface area contributed by atoms with Gasteiger partial charge in [0.25, 0.3) is 0 Å². The molecule has 0 aliphatic heterocycles. The van der Waals surface area contributed by atoms with Crippen molar-refractivity contribution in [3.05, 3.63) is 30.1 Å². The van der Waals surface area contributed by atoms with E-state index in [0.29, 0.717) is 6.61 Å². The molecular formula is C10H17N3O. The van der Waals surface area contributed by atoms with Crippen LogP contribution < -0.4 is 11.2 Å². The van der Waals surface area contributed by atoms with Gasteiger partial charge in [-0.3, -0.25) is 4.98 Å². The lowest BCUT2D eigenvalue weighted by atomic mass is 10.2. The van der Waals surface area contributed by atoms with E-state index in [2.05, 4.69) is 15.1 Å². The molecule has 1 rings (SSSR count). The number of pyridine rings is 1. The number of hydrogen-bond donors (Lipinski definition) is 2. The molecule has 0 saturated carbocycles. The van der Waals surface area contributed by atoms with Gasteiger partial charge in [-0.05, 0) is 37.1 Å². The SMILES string of the molecule is NOCCCCNCc1ccncc1. The zero-order valence-corrected chi connectivity index (χ0v) is 8.28. The molecule has 0 unspecified atom stereocenters. The van der Waals surface area contributed by atoms with E-state index in [1.165, 1.54) is 5.56 Å². The van der Waals surface area contributed by atoms with E-state index in [1.54, 1.807) is 12.4 Å². The molecule has 0 fully saturated rings. The first-order valence-corrected chi connectivity index (χ1v) is 4.85. The fourth-order valence-corrected chi connectivity index (χ4v) is 1.17. The number of nitrogens with two attached hydrogens (primary N) is 1. The molecule has 4 nitrogen and oxygen atoms in total. The summed E-state index contributed by atoms with van der Waals surface area (Å²) in [7, 11) is 0. The van der Waals surface area contributed by atoms with Crippen LogP contribution in [0.25, 0.3) is 0 Å². The highest BCUT2D eigenvalue weighted by molar-refractivity contribution is 5.08. The summed E-state index contributed by atoms with van der Waals surface area (Å²) >= 11 is 0. The quantitative estimate of drug-likeness (QED) is 0.500. The van der Waals surface area contributed by atoms with E-state index >= 15 is 0 Å². The third-order valence-electron chi connectivity index (χ3n) is 1.94. The Hall–Kier alpha value is -0.970. The average Bonchev–Trinajstić information content (AvgIpc) is 2.25. The van der Waals surface area contributed by atoms with Crippen LogP contribution in [0.15, 0.2) is 24.5 Å². The van der Waals surface area contributed by atoms with Crippen LogP contribution in [0.4, 0.5) is 0 Å². The molecule has 0 aromatic carbocycles. The number of aromatic nitrogens is 1. The molecule has 3 N–H and O–H groups in total. The predicted molar refractivity (Wildman–Crippen MR) is 55.3 cm³/mol. The van der Waals surface area contributed by atoms with Gasteiger partial charge in [-0.2, -0.15) is 0 Å². The molecule has 0 aliphatic carbocycles. The van der Waals surface area contributed by atoms with Crippen LogP contribution in [0.5, 0.6) is 0 Å². The molecule has 0 aliphatic rings. The van der Waals surface area contributed by atoms with Gasteiger partial charge in [0.05, 0.1) is 6.61 Å². The van der Waals surface area contributed by atoms with E-state index < -0.39 is 0 Å². The average molecular weight is 195 g/mol. The summed E-state index contributed by atoms with van der Waals surface area (Å²) in [4.78, 5) is 8.43. The highest BCUT2D eigenvalue weighted by atomic mass is 16.6. The molecule has 0 amide bonds. The Morgan fingerprint density at radius 2 is 2.07 bits per heavy atom. The number of unbranched alkanes of at least 4 members (excludes halogenated alkanes) is 1. The second kappa shape index (κ2) is 7.44. The van der Waals surface area contributed by atoms with Crippen LogP contribution in [0.1, 0.15) is 18.4 Å². The molecule has 0 saturated heterocycles. The largest absolute Gasteiger partial charge is 0.313 e. The van der Waals surface area contributed by atoms with Crippen molar-refractivity contribution in [1.82, 2.24) is 10.3 Å². The molecule has 1 heterocycles. The van der Waals surface area contributed by atoms with Gasteiger partial charge < -0.3 is 10.2 Å². The topological polar surface area (TPSA) is 60.2 Å². The lowest BCUT2D eigenvalue weighted by Gasteiger charge is -2.03. The van der Waals surface area contributed by atoms with Crippen molar-refractivity contribution in [2.45, 2.75) is 19.4 Å². The molecule has 0 atom stereocenters. The van der Waals surface area contributed by atoms with Crippen molar-refractivity contribution in [1.29, 1.82) is 0 Å². The van der Waals surface area contributed by atoms with Crippen molar-refractivity contribution in [3.63, 3.8) is 0 Å². The molecule has 4 heteroatoms. The van der Waals surface area contributed by atoms with Crippen molar-refractivity contribution < 1.29 is 4.84 Å². The zero-order chi connectivity index (χ0) is 10.1. The Kier molecular flexibility index (Phi) is 5.90. The normalized spacial score (nSPS) is 10.4. The van der Waals surface area contributed by atoms with Crippen molar-refractivity contribution >= 4 is 0 Å². The molecule has 78 valence electrons. The molecule has 1 aromatic heterocycles. The third kappa shape index (κ3) is 4.91. The van der Waals surface area contributed by atoms with Crippen LogP contribution in [0.3, 0.4) is 0 Å². The third-order valence-corrected chi connectivity index (χ3v) is 1.94. The summed E-state index contributed by atoms with van der Waals surface area (Å²) in [5.74, 6) is 4.91. The van der Waals surface area contributed by atoms with E-state index in [4.69, 9.17) is 5.90 Å². The minimum Gasteiger partial charge on any atom is -0.313 e. The van der Waals surface area contributed by atoms with Crippen LogP contribution in [-0.2, 0) is 11.4 Å². The Morgan fingerprint density at radius 1 is 1.29 bits per heavy atom. The monoisotopic (exact) mass is 195 g/mol. The standard InChI is InChI=1S/C10H17N3O/c11-14-8-2-1-5-13-9-10-3-6-12-7-4-10/h3-4,6-7,13H,1-2,5,8-9,11H2. The highest BCUT2D eigenvalue weighted by Crippen LogP contribution is 1.95. The second-order valence-corrected chi connectivity index (χ2v) is 3.11. The highest BCUT2D eigenvalue weighted by Gasteiger charge is 1.91. The zero-order valence-electron chi connectivity index (χ0n) is 8.28. The number of hydrogen-bond acceptors (Lipinski definition) is 4. The fourth-order valence-electron chi connectivity index (χ4n) is 1.17. The van der Waals surface area contributed by atoms with E-state index in [-0.39, 0.29) is 0 Å². The van der Waals surface area contributed by atoms with Gasteiger partial charge in [0, 0.05) is 18.9 Å². The van der Waals surface area contributed by atoms with Crippen molar-refractivity contribution in [3.8, 4) is 0 Å². The smallest absolute Gasteiger partial charge is 0.0679 e. The molecule has 1 aromatic rings. The minimum atomic E-state index is 0.636. The van der Waals surface area contributed by atoms with Gasteiger partial charge >= 0.3 is 0 Å². The maximum absolute atomic E-state index is 4.91. The van der Waals surface area contributed by atoms with Gasteiger partial charge in [-0.25, -0.2) is 5.90 Å². The Bertz CT molecular complexity index is 228. The maximum atomic E-state index is 4.91. The number of rotatable bonds is 7. The summed E-state index contributed by atoms with van der Waals surface area (Å²) in [5, 5.41) is 3.34. The molecule has 0 radical (unpaired) electrons. The second-order valence-electron chi connectivity index (χ2n) is 3.11. The van der Waals surface area contributed by atoms with Crippen LogP contribution >= 0.6 is 0 Å². The fraction of sp³-hybridized carbons (Fsp3) is 0.500. The lowest BCUT2D eigenvalue weighted by molar-refractivity contribution is 0.134. The predicted octanol–water partition coefficient (Wildman–Crippen LogP) is 0.842. The van der Waals surface area contributed by atoms with Gasteiger partial charge in [0.1, 0.15) is 0 Å². The number of nitrogens with zero attached hydrogens (tertiary/aromatic N) is 1. The van der Waals surface area contributed by atoms with Gasteiger partial charge in [-0.1, -0.05) is 0 Å². The van der Waals surface area contributed by atoms with Crippen LogP contribution in [-0.4, -0.2) is 18.1 Å². The van der Waals surface area contributed by atoms with E-state index in [9.17, 15) is 0 Å². The summed E-state index contributed by atoms with van der Waals surface area (Å²) in [6.07, 6.45) is 5.70. The number of nitrogens with one attached hydrogen (secondary N) is 1. The molecule has 14 heavy (non-hydrogen) atoms. The van der Waals surface area contributed by atoms with Gasteiger partial charge in [0.15, 0.2) is 0 Å². The van der Waals surface area contributed by atoms with Gasteiger partial charge in [-0.15, -0.1) is 0 Å². The molecule has 0 spiro atoms. The summed E-state index contributed by atoms with van der Waals surface area (Å²) in [5.41, 5.74) is 1.26. The summed E-state index contributed by atoms with van der Waals surface area (Å²) in [6, 6.07) is 4.02. The Morgan fingerprint density at radius 3 is 2.79 bits per heavy atom. The first-order chi connectivity index (χ1) is 6.93. The summed E-state index contributed by atoms with van der Waals surface area (Å²) in [6.45, 7) is 2.52.